The van der Waals surface area contributed by atoms with Gasteiger partial charge in [0.05, 0.1) is 47.7 Å². The Kier molecular flexibility index (Phi) is 8.80. The lowest BCUT2D eigenvalue weighted by molar-refractivity contribution is -0.135. The summed E-state index contributed by atoms with van der Waals surface area (Å²) in [4.78, 5) is 27.5. The summed E-state index contributed by atoms with van der Waals surface area (Å²) in [5, 5.41) is 10.3. The molecule has 0 aromatic carbocycles. The number of ether oxygens (including phenoxy) is 1. The van der Waals surface area contributed by atoms with Crippen molar-refractivity contribution in [2.75, 3.05) is 36.9 Å². The second-order valence-corrected chi connectivity index (χ2v) is 12.4. The molecule has 1 aliphatic heterocycles. The Bertz CT molecular complexity index is 1550. The summed E-state index contributed by atoms with van der Waals surface area (Å²) >= 11 is 0. The molecule has 1 saturated carbocycles. The van der Waals surface area contributed by atoms with Crippen LogP contribution in [0.15, 0.2) is 36.9 Å². The van der Waals surface area contributed by atoms with Crippen molar-refractivity contribution in [1.29, 1.82) is 0 Å². The summed E-state index contributed by atoms with van der Waals surface area (Å²) < 4.78 is 31.3. The number of aromatic nitrogens is 5. The van der Waals surface area contributed by atoms with Crippen molar-refractivity contribution in [2.45, 2.75) is 57.2 Å². The van der Waals surface area contributed by atoms with Crippen LogP contribution in [-0.4, -0.2) is 81.0 Å². The van der Waals surface area contributed by atoms with Crippen molar-refractivity contribution < 1.29 is 17.9 Å². The predicted molar refractivity (Wildman–Crippen MR) is 155 cm³/mol. The van der Waals surface area contributed by atoms with Crippen LogP contribution < -0.4 is 10.6 Å². The highest BCUT2D eigenvalue weighted by atomic mass is 32.2. The maximum atomic E-state index is 12.5. The highest BCUT2D eigenvalue weighted by Crippen LogP contribution is 2.30. The van der Waals surface area contributed by atoms with Crippen LogP contribution in [0.25, 0.3) is 11.4 Å². The normalized spacial score (nSPS) is 15.3. The summed E-state index contributed by atoms with van der Waals surface area (Å²) in [5.41, 5.74) is 2.09. The second-order valence-electron chi connectivity index (χ2n) is 10.3. The molecular weight excluding hydrogens is 544 g/mol. The van der Waals surface area contributed by atoms with Crippen LogP contribution in [0, 0.1) is 11.8 Å². The third-order valence-electron chi connectivity index (χ3n) is 6.56. The van der Waals surface area contributed by atoms with Gasteiger partial charge in [-0.15, -0.1) is 0 Å². The van der Waals surface area contributed by atoms with Gasteiger partial charge in [-0.3, -0.25) is 4.79 Å². The lowest BCUT2D eigenvalue weighted by Crippen LogP contribution is -2.40. The van der Waals surface area contributed by atoms with E-state index >= 15 is 0 Å². The Morgan fingerprint density at radius 1 is 1.17 bits per heavy atom. The first-order valence-electron chi connectivity index (χ1n) is 13.8. The van der Waals surface area contributed by atoms with E-state index in [1.54, 1.807) is 18.5 Å². The summed E-state index contributed by atoms with van der Waals surface area (Å²) in [6, 6.07) is 3.75. The molecule has 0 radical (unpaired) electrons. The Morgan fingerprint density at radius 3 is 2.73 bits per heavy atom. The SMILES string of the molecule is CC(C)Nc1cc(Nc2ccnc(-c3cnn(S(=O)(=O)C4CC4)c3)n2)ncc1C#CCCCC(=O)N1CCOCC1. The highest BCUT2D eigenvalue weighted by Gasteiger charge is 2.37. The fraction of sp³-hybridized carbons (Fsp3) is 0.464. The van der Waals surface area contributed by atoms with Gasteiger partial charge in [-0.05, 0) is 39.2 Å². The first-order valence-corrected chi connectivity index (χ1v) is 15.3. The molecule has 12 nitrogen and oxygen atoms in total. The highest BCUT2D eigenvalue weighted by molar-refractivity contribution is 7.90. The number of nitrogens with one attached hydrogen (secondary N) is 2. The van der Waals surface area contributed by atoms with Crippen molar-refractivity contribution >= 4 is 33.3 Å². The molecule has 0 unspecified atom stereocenters. The van der Waals surface area contributed by atoms with Crippen molar-refractivity contribution in [3.05, 3.63) is 42.5 Å². The van der Waals surface area contributed by atoms with Gasteiger partial charge in [0.25, 0.3) is 10.0 Å². The molecule has 3 aromatic heterocycles. The quantitative estimate of drug-likeness (QED) is 0.272. The molecule has 4 heterocycles. The van der Waals surface area contributed by atoms with Crippen LogP contribution >= 0.6 is 0 Å². The van der Waals surface area contributed by atoms with Gasteiger partial charge >= 0.3 is 0 Å². The summed E-state index contributed by atoms with van der Waals surface area (Å²) in [6.07, 6.45) is 9.30. The molecule has 1 saturated heterocycles. The molecule has 2 N–H and O–H groups in total. The van der Waals surface area contributed by atoms with Gasteiger partial charge < -0.3 is 20.3 Å². The maximum absolute atomic E-state index is 12.5. The fourth-order valence-electron chi connectivity index (χ4n) is 4.29. The number of unbranched alkanes of at least 4 members (excludes halogenated alkanes) is 1. The Hall–Kier alpha value is -4.02. The number of hydrogen-bond donors (Lipinski definition) is 2. The minimum atomic E-state index is -3.46. The van der Waals surface area contributed by atoms with Gasteiger partial charge in [0.2, 0.25) is 5.91 Å². The largest absolute Gasteiger partial charge is 0.382 e. The lowest BCUT2D eigenvalue weighted by atomic mass is 10.1. The monoisotopic (exact) mass is 578 g/mol. The van der Waals surface area contributed by atoms with Crippen molar-refractivity contribution in [2.24, 2.45) is 0 Å². The lowest BCUT2D eigenvalue weighted by Gasteiger charge is -2.26. The number of rotatable bonds is 10. The topological polar surface area (TPSA) is 144 Å². The van der Waals surface area contributed by atoms with E-state index < -0.39 is 10.0 Å². The number of nitrogens with zero attached hydrogens (tertiary/aromatic N) is 6. The van der Waals surface area contributed by atoms with E-state index in [1.807, 2.05) is 24.8 Å². The van der Waals surface area contributed by atoms with Crippen molar-refractivity contribution in [3.8, 4) is 23.2 Å². The van der Waals surface area contributed by atoms with Crippen LogP contribution in [0.2, 0.25) is 0 Å². The van der Waals surface area contributed by atoms with Crippen LogP contribution in [-0.2, 0) is 19.6 Å². The van der Waals surface area contributed by atoms with Crippen LogP contribution in [0.1, 0.15) is 51.5 Å². The van der Waals surface area contributed by atoms with Gasteiger partial charge in [-0.2, -0.15) is 9.19 Å². The zero-order chi connectivity index (χ0) is 28.8. The molecule has 2 fully saturated rings. The van der Waals surface area contributed by atoms with Crippen LogP contribution in [0.4, 0.5) is 17.3 Å². The molecule has 3 aromatic rings. The first kappa shape index (κ1) is 28.5. The number of amides is 1. The van der Waals surface area contributed by atoms with Gasteiger partial charge in [0, 0.05) is 50.4 Å². The molecule has 41 heavy (non-hydrogen) atoms. The van der Waals surface area contributed by atoms with Gasteiger partial charge in [0.15, 0.2) is 5.82 Å². The number of hydrogen-bond acceptors (Lipinski definition) is 10. The van der Waals surface area contributed by atoms with Crippen LogP contribution in [0.5, 0.6) is 0 Å². The Labute approximate surface area is 240 Å². The van der Waals surface area contributed by atoms with Crippen molar-refractivity contribution in [1.82, 2.24) is 29.0 Å². The number of morpholine rings is 1. The molecule has 13 heteroatoms. The van der Waals surface area contributed by atoms with E-state index in [0.717, 1.165) is 15.3 Å². The first-order chi connectivity index (χ1) is 19.8. The number of carbonyl (C=O) groups excluding carboxylic acids is 1. The molecule has 0 bridgehead atoms. The molecule has 1 aliphatic carbocycles. The van der Waals surface area contributed by atoms with E-state index in [0.29, 0.717) is 81.4 Å². The predicted octanol–water partition coefficient (Wildman–Crippen LogP) is 3.02. The summed E-state index contributed by atoms with van der Waals surface area (Å²) in [6.45, 7) is 6.61. The summed E-state index contributed by atoms with van der Waals surface area (Å²) in [5.74, 6) is 7.93. The molecular formula is C28H34N8O4S. The third kappa shape index (κ3) is 7.39. The zero-order valence-electron chi connectivity index (χ0n) is 23.2. The van der Waals surface area contributed by atoms with E-state index in [2.05, 4.69) is 42.5 Å². The van der Waals surface area contributed by atoms with Crippen LogP contribution in [0.3, 0.4) is 0 Å². The van der Waals surface area contributed by atoms with Gasteiger partial charge in [0.1, 0.15) is 11.6 Å². The molecule has 1 amide bonds. The number of anilines is 3. The third-order valence-corrected chi connectivity index (χ3v) is 8.60. The molecule has 216 valence electrons. The van der Waals surface area contributed by atoms with E-state index in [4.69, 9.17) is 4.74 Å². The second kappa shape index (κ2) is 12.7. The van der Waals surface area contributed by atoms with E-state index in [9.17, 15) is 13.2 Å². The van der Waals surface area contributed by atoms with Crippen molar-refractivity contribution in [3.63, 3.8) is 0 Å². The van der Waals surface area contributed by atoms with Gasteiger partial charge in [-0.1, -0.05) is 11.8 Å². The average Bonchev–Trinajstić information content (AvgIpc) is 3.71. The molecule has 2 aliphatic rings. The maximum Gasteiger partial charge on any atom is 0.256 e. The molecule has 0 atom stereocenters. The Balaban J connectivity index is 1.24. The summed E-state index contributed by atoms with van der Waals surface area (Å²) in [7, 11) is -3.46. The van der Waals surface area contributed by atoms with E-state index in [1.165, 1.54) is 12.4 Å². The van der Waals surface area contributed by atoms with E-state index in [-0.39, 0.29) is 17.2 Å². The molecule has 0 spiro atoms. The minimum Gasteiger partial charge on any atom is -0.382 e. The smallest absolute Gasteiger partial charge is 0.256 e. The standard InChI is InChI=1S/C28H34N8O4S/c1-20(2)32-24-16-26(30-17-21(24)6-4-3-5-7-27(37)35-12-14-40-15-13-35)33-25-10-11-29-28(34-25)22-18-31-36(19-22)41(38,39)23-8-9-23/h10-11,16-20,23H,3,5,7-9,12-15H2,1-2H3,(H2,29,30,32,33,34). The minimum absolute atomic E-state index is 0.152. The average molecular weight is 579 g/mol. The number of pyridine rings is 1. The zero-order valence-corrected chi connectivity index (χ0v) is 24.0. The number of carbonyl (C=O) groups is 1. The molecule has 5 rings (SSSR count). The fourth-order valence-corrected chi connectivity index (χ4v) is 5.76. The Morgan fingerprint density at radius 2 is 1.98 bits per heavy atom. The van der Waals surface area contributed by atoms with Gasteiger partial charge in [-0.25, -0.2) is 23.4 Å².